The van der Waals surface area contributed by atoms with Crippen molar-refractivity contribution in [1.29, 1.82) is 0 Å². The van der Waals surface area contributed by atoms with Gasteiger partial charge in [-0.25, -0.2) is 9.78 Å². The minimum absolute atomic E-state index is 0.342. The quantitative estimate of drug-likeness (QED) is 0.594. The number of urea groups is 1. The number of ether oxygens (including phenoxy) is 1. The molecule has 6 nitrogen and oxygen atoms in total. The molecule has 0 saturated heterocycles. The van der Waals surface area contributed by atoms with Crippen molar-refractivity contribution in [1.82, 2.24) is 4.98 Å². The molecule has 2 amide bonds. The summed E-state index contributed by atoms with van der Waals surface area (Å²) in [4.78, 5) is 16.2. The van der Waals surface area contributed by atoms with Crippen molar-refractivity contribution < 1.29 is 9.53 Å². The highest BCUT2D eigenvalue weighted by Gasteiger charge is 2.05. The lowest BCUT2D eigenvalue weighted by Crippen LogP contribution is -2.19. The fraction of sp³-hybridized carbons (Fsp3) is 0.100. The van der Waals surface area contributed by atoms with Crippen LogP contribution in [-0.2, 0) is 0 Å². The van der Waals surface area contributed by atoms with Gasteiger partial charge in [-0.1, -0.05) is 30.3 Å². The molecule has 1 heterocycles. The van der Waals surface area contributed by atoms with Gasteiger partial charge >= 0.3 is 6.03 Å². The monoisotopic (exact) mass is 348 g/mol. The predicted molar refractivity (Wildman–Crippen MR) is 104 cm³/mol. The summed E-state index contributed by atoms with van der Waals surface area (Å²) in [6.07, 6.45) is 1.65. The second-order valence-corrected chi connectivity index (χ2v) is 5.43. The first-order chi connectivity index (χ1) is 12.7. The van der Waals surface area contributed by atoms with Crippen molar-refractivity contribution in [3.05, 3.63) is 72.9 Å². The molecule has 0 spiro atoms. The molecule has 26 heavy (non-hydrogen) atoms. The standard InChI is InChI=1S/C20H20N4O2/c1-2-26-18-11-7-6-10-17(18)22-16-12-13-19(21-14-16)24-20(25)23-15-8-4-3-5-9-15/h3-14,22H,2H2,1H3,(H2,21,23,24,25). The van der Waals surface area contributed by atoms with Crippen LogP contribution in [0.4, 0.5) is 27.7 Å². The van der Waals surface area contributed by atoms with Crippen LogP contribution >= 0.6 is 0 Å². The van der Waals surface area contributed by atoms with Gasteiger partial charge in [0, 0.05) is 5.69 Å². The lowest BCUT2D eigenvalue weighted by atomic mass is 10.2. The Morgan fingerprint density at radius 1 is 0.923 bits per heavy atom. The number of nitrogens with zero attached hydrogens (tertiary/aromatic N) is 1. The molecule has 0 saturated carbocycles. The summed E-state index contributed by atoms with van der Waals surface area (Å²) in [5.41, 5.74) is 2.38. The molecule has 132 valence electrons. The van der Waals surface area contributed by atoms with Gasteiger partial charge in [-0.3, -0.25) is 5.32 Å². The number of pyridine rings is 1. The molecular weight excluding hydrogens is 328 g/mol. The van der Waals surface area contributed by atoms with E-state index in [0.29, 0.717) is 12.4 Å². The molecule has 6 heteroatoms. The highest BCUT2D eigenvalue weighted by Crippen LogP contribution is 2.27. The highest BCUT2D eigenvalue weighted by atomic mass is 16.5. The van der Waals surface area contributed by atoms with Gasteiger partial charge in [0.1, 0.15) is 11.6 Å². The molecule has 2 aromatic carbocycles. The third kappa shape index (κ3) is 4.73. The SMILES string of the molecule is CCOc1ccccc1Nc1ccc(NC(=O)Nc2ccccc2)nc1. The van der Waals surface area contributed by atoms with Gasteiger partial charge in [0.05, 0.1) is 24.2 Å². The zero-order chi connectivity index (χ0) is 18.2. The van der Waals surface area contributed by atoms with Crippen LogP contribution in [-0.4, -0.2) is 17.6 Å². The molecule has 0 aliphatic rings. The number of carbonyl (C=O) groups is 1. The van der Waals surface area contributed by atoms with E-state index in [1.54, 1.807) is 12.3 Å². The maximum atomic E-state index is 12.0. The number of rotatable bonds is 6. The molecule has 0 bridgehead atoms. The number of carbonyl (C=O) groups excluding carboxylic acids is 1. The van der Waals surface area contributed by atoms with Crippen LogP contribution in [0.15, 0.2) is 72.9 Å². The number of hydrogen-bond acceptors (Lipinski definition) is 4. The second kappa shape index (κ2) is 8.53. The van der Waals surface area contributed by atoms with Gasteiger partial charge < -0.3 is 15.4 Å². The third-order valence-corrected chi connectivity index (χ3v) is 3.50. The van der Waals surface area contributed by atoms with E-state index >= 15 is 0 Å². The molecule has 0 unspecified atom stereocenters. The normalized spacial score (nSPS) is 10.0. The van der Waals surface area contributed by atoms with E-state index < -0.39 is 0 Å². The van der Waals surface area contributed by atoms with Crippen LogP contribution in [0.1, 0.15) is 6.92 Å². The Morgan fingerprint density at radius 3 is 2.42 bits per heavy atom. The van der Waals surface area contributed by atoms with E-state index in [1.807, 2.05) is 67.6 Å². The minimum Gasteiger partial charge on any atom is -0.492 e. The summed E-state index contributed by atoms with van der Waals surface area (Å²) >= 11 is 0. The Bertz CT molecular complexity index is 851. The molecule has 3 aromatic rings. The molecule has 0 radical (unpaired) electrons. The molecule has 0 aliphatic heterocycles. The van der Waals surface area contributed by atoms with Crippen LogP contribution in [0.2, 0.25) is 0 Å². The van der Waals surface area contributed by atoms with Gasteiger partial charge in [-0.15, -0.1) is 0 Å². The van der Waals surface area contributed by atoms with Crippen molar-refractivity contribution in [2.45, 2.75) is 6.92 Å². The van der Waals surface area contributed by atoms with Crippen molar-refractivity contribution in [3.8, 4) is 5.75 Å². The number of anilines is 4. The molecule has 0 aliphatic carbocycles. The first kappa shape index (κ1) is 17.3. The van der Waals surface area contributed by atoms with E-state index in [0.717, 1.165) is 22.8 Å². The lowest BCUT2D eigenvalue weighted by Gasteiger charge is -2.12. The molecule has 3 rings (SSSR count). The van der Waals surface area contributed by atoms with Crippen LogP contribution in [0.25, 0.3) is 0 Å². The molecule has 3 N–H and O–H groups in total. The smallest absolute Gasteiger partial charge is 0.324 e. The van der Waals surface area contributed by atoms with Gasteiger partial charge in [0.2, 0.25) is 0 Å². The van der Waals surface area contributed by atoms with Crippen molar-refractivity contribution in [2.24, 2.45) is 0 Å². The van der Waals surface area contributed by atoms with E-state index in [4.69, 9.17) is 4.74 Å². The molecule has 0 atom stereocenters. The van der Waals surface area contributed by atoms with Gasteiger partial charge in [0.25, 0.3) is 0 Å². The van der Waals surface area contributed by atoms with Gasteiger partial charge in [0.15, 0.2) is 0 Å². The lowest BCUT2D eigenvalue weighted by molar-refractivity contribution is 0.262. The molecule has 0 fully saturated rings. The Morgan fingerprint density at radius 2 is 1.69 bits per heavy atom. The fourth-order valence-electron chi connectivity index (χ4n) is 2.35. The average molecular weight is 348 g/mol. The number of nitrogens with one attached hydrogen (secondary N) is 3. The summed E-state index contributed by atoms with van der Waals surface area (Å²) < 4.78 is 5.59. The predicted octanol–water partition coefficient (Wildman–Crippen LogP) is 4.87. The first-order valence-corrected chi connectivity index (χ1v) is 8.32. The summed E-state index contributed by atoms with van der Waals surface area (Å²) in [5, 5.41) is 8.71. The minimum atomic E-state index is -0.342. The Balaban J connectivity index is 1.61. The van der Waals surface area contributed by atoms with Crippen LogP contribution < -0.4 is 20.7 Å². The number of para-hydroxylation sites is 3. The van der Waals surface area contributed by atoms with E-state index in [9.17, 15) is 4.79 Å². The highest BCUT2D eigenvalue weighted by molar-refractivity contribution is 5.99. The van der Waals surface area contributed by atoms with E-state index in [1.165, 1.54) is 0 Å². The fourth-order valence-corrected chi connectivity index (χ4v) is 2.35. The Kier molecular flexibility index (Phi) is 5.67. The molecule has 1 aromatic heterocycles. The van der Waals surface area contributed by atoms with E-state index in [-0.39, 0.29) is 6.03 Å². The maximum Gasteiger partial charge on any atom is 0.324 e. The number of amides is 2. The Hall–Kier alpha value is -3.54. The van der Waals surface area contributed by atoms with Crippen molar-refractivity contribution >= 4 is 28.9 Å². The van der Waals surface area contributed by atoms with E-state index in [2.05, 4.69) is 20.9 Å². The van der Waals surface area contributed by atoms with Crippen molar-refractivity contribution in [2.75, 3.05) is 22.6 Å². The summed E-state index contributed by atoms with van der Waals surface area (Å²) in [5.74, 6) is 1.24. The van der Waals surface area contributed by atoms with Crippen LogP contribution in [0.5, 0.6) is 5.75 Å². The summed E-state index contributed by atoms with van der Waals surface area (Å²) in [6.45, 7) is 2.54. The summed E-state index contributed by atoms with van der Waals surface area (Å²) in [7, 11) is 0. The third-order valence-electron chi connectivity index (χ3n) is 3.50. The Labute approximate surface area is 152 Å². The maximum absolute atomic E-state index is 12.0. The number of aromatic nitrogens is 1. The topological polar surface area (TPSA) is 75.3 Å². The van der Waals surface area contributed by atoms with Gasteiger partial charge in [-0.2, -0.15) is 0 Å². The molecular formula is C20H20N4O2. The number of benzene rings is 2. The zero-order valence-corrected chi connectivity index (χ0v) is 14.4. The summed E-state index contributed by atoms with van der Waals surface area (Å²) in [6, 6.07) is 20.2. The van der Waals surface area contributed by atoms with Crippen LogP contribution in [0, 0.1) is 0 Å². The first-order valence-electron chi connectivity index (χ1n) is 8.32. The number of hydrogen-bond donors (Lipinski definition) is 3. The second-order valence-electron chi connectivity index (χ2n) is 5.43. The van der Waals surface area contributed by atoms with Crippen LogP contribution in [0.3, 0.4) is 0 Å². The largest absolute Gasteiger partial charge is 0.492 e. The average Bonchev–Trinajstić information content (AvgIpc) is 2.66. The zero-order valence-electron chi connectivity index (χ0n) is 14.4. The van der Waals surface area contributed by atoms with Gasteiger partial charge in [-0.05, 0) is 43.3 Å². The van der Waals surface area contributed by atoms with Crippen molar-refractivity contribution in [3.63, 3.8) is 0 Å².